The van der Waals surface area contributed by atoms with E-state index in [1.165, 1.54) is 38.5 Å². The van der Waals surface area contributed by atoms with Gasteiger partial charge in [0.25, 0.3) is 0 Å². The Hall–Kier alpha value is -2.03. The third kappa shape index (κ3) is 6.57. The Morgan fingerprint density at radius 1 is 0.842 bits per heavy atom. The largest absolute Gasteiger partial charge is 0.478 e. The van der Waals surface area contributed by atoms with Gasteiger partial charge in [0, 0.05) is 0 Å². The van der Waals surface area contributed by atoms with Gasteiger partial charge < -0.3 is 4.74 Å². The molecular weight excluding hydrogens is 513 g/mol. The summed E-state index contributed by atoms with van der Waals surface area (Å²) in [5, 5.41) is 0. The molecule has 3 aliphatic rings. The summed E-state index contributed by atoms with van der Waals surface area (Å²) in [7, 11) is 0. The quantitative estimate of drug-likeness (QED) is 0.286. The first-order valence-corrected chi connectivity index (χ1v) is 13.6. The molecule has 0 atom stereocenters. The fraction of sp³-hybridized carbons (Fsp3) is 0.655. The number of allylic oxidation sites excluding steroid dienone is 2. The molecule has 0 saturated heterocycles. The third-order valence-electron chi connectivity index (χ3n) is 8.40. The molecule has 0 aliphatic heterocycles. The Labute approximate surface area is 219 Å². The van der Waals surface area contributed by atoms with Crippen molar-refractivity contribution in [2.24, 2.45) is 17.8 Å². The topological polar surface area (TPSA) is 18.5 Å². The lowest BCUT2D eigenvalue weighted by molar-refractivity contribution is -0.324. The van der Waals surface area contributed by atoms with Gasteiger partial charge in [0.1, 0.15) is 0 Å². The zero-order valence-corrected chi connectivity index (χ0v) is 21.6. The maximum atomic E-state index is 14.7. The second-order valence-electron chi connectivity index (χ2n) is 11.0. The molecule has 9 heteroatoms. The smallest absolute Gasteiger partial charge is 0.392 e. The summed E-state index contributed by atoms with van der Waals surface area (Å²) in [6.45, 7) is 0.373. The van der Waals surface area contributed by atoms with E-state index < -0.39 is 47.6 Å². The minimum atomic E-state index is -4.59. The summed E-state index contributed by atoms with van der Waals surface area (Å²) in [6.07, 6.45) is 7.30. The molecule has 1 aromatic carbocycles. The minimum absolute atomic E-state index is 0.0484. The van der Waals surface area contributed by atoms with Crippen LogP contribution in [0.2, 0.25) is 0 Å². The number of ether oxygens (including phenoxy) is 2. The number of hydrogen-bond acceptors (Lipinski definition) is 2. The van der Waals surface area contributed by atoms with Crippen LogP contribution in [0.25, 0.3) is 0 Å². The highest BCUT2D eigenvalue weighted by atomic mass is 19.3. The Morgan fingerprint density at radius 2 is 1.37 bits per heavy atom. The standard InChI is InChI=1S/C29H35F7O2/c1-2-4-18-7-9-19(10-8-18)20-11-13-21(14-12-20)22-15-23(30)27(24(31)16-22)37-17-28(34,35)38-29(36)25(32)5-3-6-26(29)33/h5-6,15-16,18-21H,2-4,7-14,17H2,1H3. The summed E-state index contributed by atoms with van der Waals surface area (Å²) < 4.78 is 108. The second kappa shape index (κ2) is 12.0. The summed E-state index contributed by atoms with van der Waals surface area (Å²) >= 11 is 0. The maximum absolute atomic E-state index is 14.7. The summed E-state index contributed by atoms with van der Waals surface area (Å²) in [6, 6.07) is 2.14. The highest BCUT2D eigenvalue weighted by molar-refractivity contribution is 5.33. The summed E-state index contributed by atoms with van der Waals surface area (Å²) in [5.74, 6) is -9.21. The van der Waals surface area contributed by atoms with Crippen LogP contribution in [-0.4, -0.2) is 18.6 Å². The molecular formula is C29H35F7O2. The van der Waals surface area contributed by atoms with E-state index in [-0.39, 0.29) is 12.3 Å². The van der Waals surface area contributed by atoms with Crippen molar-refractivity contribution in [2.45, 2.75) is 95.4 Å². The average molecular weight is 549 g/mol. The van der Waals surface area contributed by atoms with Crippen LogP contribution < -0.4 is 4.74 Å². The van der Waals surface area contributed by atoms with Crippen molar-refractivity contribution in [3.8, 4) is 5.75 Å². The SMILES string of the molecule is CCCC1CCC(C2CCC(c3cc(F)c(OCC(F)(F)OC4(F)C(F)=CCC=C4F)c(F)c3)CC2)CC1. The number of benzene rings is 1. The van der Waals surface area contributed by atoms with Gasteiger partial charge in [0.2, 0.25) is 0 Å². The molecule has 0 radical (unpaired) electrons. The van der Waals surface area contributed by atoms with Crippen LogP contribution >= 0.6 is 0 Å². The zero-order chi connectivity index (χ0) is 27.5. The van der Waals surface area contributed by atoms with Gasteiger partial charge in [-0.1, -0.05) is 32.6 Å². The fourth-order valence-corrected chi connectivity index (χ4v) is 6.36. The lowest BCUT2D eigenvalue weighted by Gasteiger charge is -2.38. The van der Waals surface area contributed by atoms with Gasteiger partial charge >= 0.3 is 12.0 Å². The van der Waals surface area contributed by atoms with Crippen LogP contribution in [0.5, 0.6) is 5.75 Å². The van der Waals surface area contributed by atoms with E-state index in [1.54, 1.807) is 0 Å². The Bertz CT molecular complexity index is 981. The first-order valence-electron chi connectivity index (χ1n) is 13.6. The van der Waals surface area contributed by atoms with Crippen LogP contribution in [-0.2, 0) is 4.74 Å². The van der Waals surface area contributed by atoms with Gasteiger partial charge in [0.05, 0.1) is 0 Å². The molecule has 4 rings (SSSR count). The molecule has 0 amide bonds. The van der Waals surface area contributed by atoms with E-state index in [1.807, 2.05) is 0 Å². The van der Waals surface area contributed by atoms with Crippen LogP contribution in [0.1, 0.15) is 89.0 Å². The van der Waals surface area contributed by atoms with Crippen molar-refractivity contribution < 1.29 is 40.2 Å². The molecule has 212 valence electrons. The minimum Gasteiger partial charge on any atom is -0.478 e. The lowest BCUT2D eigenvalue weighted by Crippen LogP contribution is -2.42. The predicted molar refractivity (Wildman–Crippen MR) is 130 cm³/mol. The number of hydrogen-bond donors (Lipinski definition) is 0. The van der Waals surface area contributed by atoms with E-state index in [4.69, 9.17) is 0 Å². The van der Waals surface area contributed by atoms with E-state index in [2.05, 4.69) is 16.4 Å². The van der Waals surface area contributed by atoms with Crippen LogP contribution in [0.15, 0.2) is 35.9 Å². The molecule has 0 N–H and O–H groups in total. The third-order valence-corrected chi connectivity index (χ3v) is 8.40. The first-order chi connectivity index (χ1) is 18.0. The number of rotatable bonds is 9. The first kappa shape index (κ1) is 29.0. The zero-order valence-electron chi connectivity index (χ0n) is 21.6. The van der Waals surface area contributed by atoms with Crippen molar-refractivity contribution in [2.75, 3.05) is 6.61 Å². The van der Waals surface area contributed by atoms with Crippen LogP contribution in [0.4, 0.5) is 30.7 Å². The highest BCUT2D eigenvalue weighted by Gasteiger charge is 2.52. The van der Waals surface area contributed by atoms with E-state index in [0.717, 1.165) is 43.7 Å². The Balaban J connectivity index is 1.32. The van der Waals surface area contributed by atoms with Gasteiger partial charge in [-0.25, -0.2) is 17.6 Å². The van der Waals surface area contributed by atoms with Crippen molar-refractivity contribution in [3.63, 3.8) is 0 Å². The summed E-state index contributed by atoms with van der Waals surface area (Å²) in [5.41, 5.74) is 0.435. The fourth-order valence-electron chi connectivity index (χ4n) is 6.36. The summed E-state index contributed by atoms with van der Waals surface area (Å²) in [4.78, 5) is 0. The van der Waals surface area contributed by atoms with Crippen LogP contribution in [0, 0.1) is 29.4 Å². The van der Waals surface area contributed by atoms with Gasteiger partial charge in [-0.3, -0.25) is 4.74 Å². The highest BCUT2D eigenvalue weighted by Crippen LogP contribution is 2.45. The molecule has 38 heavy (non-hydrogen) atoms. The molecule has 3 aliphatic carbocycles. The van der Waals surface area contributed by atoms with Crippen LogP contribution in [0.3, 0.4) is 0 Å². The van der Waals surface area contributed by atoms with Gasteiger partial charge in [-0.15, -0.1) is 0 Å². The molecule has 2 nitrogen and oxygen atoms in total. The lowest BCUT2D eigenvalue weighted by atomic mass is 9.68. The Morgan fingerprint density at radius 3 is 1.89 bits per heavy atom. The molecule has 0 aromatic heterocycles. The molecule has 2 saturated carbocycles. The predicted octanol–water partition coefficient (Wildman–Crippen LogP) is 9.61. The molecule has 2 fully saturated rings. The van der Waals surface area contributed by atoms with Crippen molar-refractivity contribution >= 4 is 0 Å². The average Bonchev–Trinajstić information content (AvgIpc) is 2.87. The van der Waals surface area contributed by atoms with E-state index in [9.17, 15) is 30.7 Å². The van der Waals surface area contributed by atoms with Crippen molar-refractivity contribution in [3.05, 3.63) is 53.1 Å². The molecule has 1 aromatic rings. The van der Waals surface area contributed by atoms with Gasteiger partial charge in [0.15, 0.2) is 35.6 Å². The van der Waals surface area contributed by atoms with E-state index >= 15 is 0 Å². The number of halogens is 7. The van der Waals surface area contributed by atoms with E-state index in [0.29, 0.717) is 29.6 Å². The monoisotopic (exact) mass is 548 g/mol. The van der Waals surface area contributed by atoms with Gasteiger partial charge in [-0.05, 0) is 98.5 Å². The maximum Gasteiger partial charge on any atom is 0.392 e. The molecule has 0 unspecified atom stereocenters. The van der Waals surface area contributed by atoms with Crippen molar-refractivity contribution in [1.82, 2.24) is 0 Å². The second-order valence-corrected chi connectivity index (χ2v) is 11.0. The van der Waals surface area contributed by atoms with Gasteiger partial charge in [-0.2, -0.15) is 13.2 Å². The number of alkyl halides is 3. The van der Waals surface area contributed by atoms with Crippen molar-refractivity contribution in [1.29, 1.82) is 0 Å². The molecule has 0 spiro atoms. The molecule has 0 bridgehead atoms. The Kier molecular flexibility index (Phi) is 9.15. The normalized spacial score (nSPS) is 28.0. The molecule has 0 heterocycles.